The number of unbranched alkanes of at least 4 members (excludes halogenated alkanes) is 4. The fourth-order valence-electron chi connectivity index (χ4n) is 1.48. The summed E-state index contributed by atoms with van der Waals surface area (Å²) in [6.07, 6.45) is 10.6. The molecule has 0 bridgehead atoms. The van der Waals surface area contributed by atoms with Crippen molar-refractivity contribution in [2.24, 2.45) is 0 Å². The summed E-state index contributed by atoms with van der Waals surface area (Å²) in [7, 11) is 2.62. The van der Waals surface area contributed by atoms with Crippen molar-refractivity contribution < 1.29 is 13.3 Å². The minimum atomic E-state index is -2.33. The topological polar surface area (TPSA) is 27.7 Å². The molecule has 0 N–H and O–H groups in total. The van der Waals surface area contributed by atoms with Crippen molar-refractivity contribution in [1.82, 2.24) is 0 Å². The quantitative estimate of drug-likeness (QED) is 0.346. The molecule has 0 unspecified atom stereocenters. The molecule has 0 aromatic heterocycles. The maximum atomic E-state index is 5.33. The second-order valence-electron chi connectivity index (χ2n) is 3.41. The molecule has 88 valence electrons. The number of terminal acetylenes is 1. The van der Waals surface area contributed by atoms with Gasteiger partial charge >= 0.3 is 8.80 Å². The summed E-state index contributed by atoms with van der Waals surface area (Å²) >= 11 is 0. The molecule has 0 fully saturated rings. The molecule has 0 atom stereocenters. The maximum Gasteiger partial charge on any atom is 0.500 e. The second-order valence-corrected chi connectivity index (χ2v) is 6.50. The molecule has 15 heavy (non-hydrogen) atoms. The Hall–Kier alpha value is -0.343. The van der Waals surface area contributed by atoms with E-state index in [2.05, 4.69) is 5.92 Å². The maximum absolute atomic E-state index is 5.33. The normalized spacial score (nSPS) is 11.3. The zero-order valence-electron chi connectivity index (χ0n) is 10.0. The first-order valence-corrected chi connectivity index (χ1v) is 7.26. The fraction of sp³-hybridized carbons (Fsp3) is 0.818. The molecule has 0 rings (SSSR count). The van der Waals surface area contributed by atoms with E-state index in [1.165, 1.54) is 6.42 Å². The molecule has 0 saturated heterocycles. The third-order valence-electron chi connectivity index (χ3n) is 2.49. The van der Waals surface area contributed by atoms with Crippen molar-refractivity contribution >= 4 is 8.80 Å². The van der Waals surface area contributed by atoms with E-state index in [0.29, 0.717) is 0 Å². The van der Waals surface area contributed by atoms with E-state index in [4.69, 9.17) is 19.7 Å². The molecule has 0 spiro atoms. The Balaban J connectivity index is 3.59. The Bertz CT molecular complexity index is 176. The van der Waals surface area contributed by atoms with Gasteiger partial charge in [0.2, 0.25) is 0 Å². The van der Waals surface area contributed by atoms with E-state index in [9.17, 15) is 0 Å². The van der Waals surface area contributed by atoms with E-state index in [-0.39, 0.29) is 0 Å². The molecule has 0 aromatic carbocycles. The van der Waals surface area contributed by atoms with Crippen molar-refractivity contribution in [1.29, 1.82) is 0 Å². The van der Waals surface area contributed by atoms with Gasteiger partial charge in [-0.2, -0.15) is 0 Å². The van der Waals surface area contributed by atoms with Crippen LogP contribution < -0.4 is 0 Å². The zero-order valence-corrected chi connectivity index (χ0v) is 11.0. The molecule has 0 aromatic rings. The van der Waals surface area contributed by atoms with Crippen LogP contribution in [0.3, 0.4) is 0 Å². The minimum Gasteiger partial charge on any atom is -0.377 e. The summed E-state index contributed by atoms with van der Waals surface area (Å²) in [6.45, 7) is 0. The molecule has 3 nitrogen and oxygen atoms in total. The van der Waals surface area contributed by atoms with Gasteiger partial charge in [-0.15, -0.1) is 12.3 Å². The van der Waals surface area contributed by atoms with Crippen molar-refractivity contribution in [2.45, 2.75) is 38.1 Å². The SMILES string of the molecule is C#CCCCCCC[Si](OC)(OC)OC. The largest absolute Gasteiger partial charge is 0.500 e. The highest BCUT2D eigenvalue weighted by atomic mass is 28.4. The highest BCUT2D eigenvalue weighted by molar-refractivity contribution is 6.60. The lowest BCUT2D eigenvalue weighted by Crippen LogP contribution is -2.42. The Morgan fingerprint density at radius 3 is 1.93 bits per heavy atom. The molecule has 0 aliphatic rings. The summed E-state index contributed by atoms with van der Waals surface area (Å²) < 4.78 is 16.0. The van der Waals surface area contributed by atoms with Crippen LogP contribution >= 0.6 is 0 Å². The third kappa shape index (κ3) is 5.95. The van der Waals surface area contributed by atoms with Gasteiger partial charge in [-0.1, -0.05) is 12.8 Å². The average Bonchev–Trinajstić information content (AvgIpc) is 2.29. The standard InChI is InChI=1S/C11H22O3Si/c1-5-6-7-8-9-10-11-15(12-2,13-3)14-4/h1H,6-11H2,2-4H3. The van der Waals surface area contributed by atoms with E-state index < -0.39 is 8.80 Å². The van der Waals surface area contributed by atoms with Gasteiger partial charge < -0.3 is 13.3 Å². The van der Waals surface area contributed by atoms with Crippen LogP contribution in [-0.4, -0.2) is 30.1 Å². The summed E-state index contributed by atoms with van der Waals surface area (Å²) in [5, 5.41) is 0. The molecular weight excluding hydrogens is 208 g/mol. The second kappa shape index (κ2) is 8.92. The lowest BCUT2D eigenvalue weighted by atomic mass is 10.2. The van der Waals surface area contributed by atoms with Crippen LogP contribution in [0.4, 0.5) is 0 Å². The van der Waals surface area contributed by atoms with Gasteiger partial charge in [-0.25, -0.2) is 0 Å². The van der Waals surface area contributed by atoms with Gasteiger partial charge in [0.15, 0.2) is 0 Å². The van der Waals surface area contributed by atoms with Gasteiger partial charge in [0.05, 0.1) is 0 Å². The average molecular weight is 230 g/mol. The van der Waals surface area contributed by atoms with E-state index in [0.717, 1.165) is 31.7 Å². The van der Waals surface area contributed by atoms with Crippen LogP contribution in [0.15, 0.2) is 0 Å². The van der Waals surface area contributed by atoms with Gasteiger partial charge in [-0.05, 0) is 12.8 Å². The van der Waals surface area contributed by atoms with Gasteiger partial charge in [-0.3, -0.25) is 0 Å². The highest BCUT2D eigenvalue weighted by Gasteiger charge is 2.36. The van der Waals surface area contributed by atoms with E-state index in [1.807, 2.05) is 0 Å². The predicted octanol–water partition coefficient (Wildman–Crippen LogP) is 2.45. The molecule has 4 heteroatoms. The van der Waals surface area contributed by atoms with E-state index in [1.54, 1.807) is 21.3 Å². The van der Waals surface area contributed by atoms with Gasteiger partial charge in [0.25, 0.3) is 0 Å². The molecule has 0 amide bonds. The first-order valence-electron chi connectivity index (χ1n) is 5.33. The van der Waals surface area contributed by atoms with Crippen LogP contribution in [-0.2, 0) is 13.3 Å². The van der Waals surface area contributed by atoms with Crippen LogP contribution in [0.25, 0.3) is 0 Å². The van der Waals surface area contributed by atoms with Crippen molar-refractivity contribution in [3.63, 3.8) is 0 Å². The Kier molecular flexibility index (Phi) is 8.72. The van der Waals surface area contributed by atoms with Crippen LogP contribution in [0, 0.1) is 12.3 Å². The van der Waals surface area contributed by atoms with Crippen molar-refractivity contribution in [2.75, 3.05) is 21.3 Å². The Labute approximate surface area is 94.5 Å². The highest BCUT2D eigenvalue weighted by Crippen LogP contribution is 2.17. The number of hydrogen-bond acceptors (Lipinski definition) is 3. The first-order chi connectivity index (χ1) is 7.24. The van der Waals surface area contributed by atoms with Crippen molar-refractivity contribution in [3.8, 4) is 12.3 Å². The van der Waals surface area contributed by atoms with Crippen LogP contribution in [0.5, 0.6) is 0 Å². The molecule has 0 heterocycles. The molecule has 0 radical (unpaired) electrons. The lowest BCUT2D eigenvalue weighted by molar-refractivity contribution is 0.122. The Morgan fingerprint density at radius 2 is 1.47 bits per heavy atom. The minimum absolute atomic E-state index is 0.876. The smallest absolute Gasteiger partial charge is 0.377 e. The van der Waals surface area contributed by atoms with Gasteiger partial charge in [0.1, 0.15) is 0 Å². The molecular formula is C11H22O3Si. The summed E-state index contributed by atoms with van der Waals surface area (Å²) in [5.74, 6) is 2.64. The number of rotatable bonds is 9. The molecule has 0 aliphatic carbocycles. The van der Waals surface area contributed by atoms with Crippen LogP contribution in [0.1, 0.15) is 32.1 Å². The van der Waals surface area contributed by atoms with E-state index >= 15 is 0 Å². The predicted molar refractivity (Wildman–Crippen MR) is 63.5 cm³/mol. The van der Waals surface area contributed by atoms with Gasteiger partial charge in [0, 0.05) is 33.8 Å². The first kappa shape index (κ1) is 14.7. The Morgan fingerprint density at radius 1 is 0.933 bits per heavy atom. The molecule has 0 aliphatic heterocycles. The third-order valence-corrected chi connectivity index (χ3v) is 5.32. The summed E-state index contributed by atoms with van der Waals surface area (Å²) in [6, 6.07) is 0.882. The lowest BCUT2D eigenvalue weighted by Gasteiger charge is -2.24. The van der Waals surface area contributed by atoms with Crippen LogP contribution in [0.2, 0.25) is 6.04 Å². The monoisotopic (exact) mass is 230 g/mol. The molecule has 0 saturated carbocycles. The fourth-order valence-corrected chi connectivity index (χ4v) is 3.27. The zero-order chi connectivity index (χ0) is 11.6. The van der Waals surface area contributed by atoms with Crippen molar-refractivity contribution in [3.05, 3.63) is 0 Å². The number of hydrogen-bond donors (Lipinski definition) is 0. The summed E-state index contributed by atoms with van der Waals surface area (Å²) in [5.41, 5.74) is 0. The summed E-state index contributed by atoms with van der Waals surface area (Å²) in [4.78, 5) is 0.